The van der Waals surface area contributed by atoms with Crippen LogP contribution in [0.5, 0.6) is 6.01 Å². The molecule has 2 saturated heterocycles. The van der Waals surface area contributed by atoms with Gasteiger partial charge in [0.15, 0.2) is 0 Å². The van der Waals surface area contributed by atoms with Gasteiger partial charge in [-0.15, -0.1) is 0 Å². The molecule has 2 aliphatic rings. The van der Waals surface area contributed by atoms with E-state index in [1.807, 2.05) is 0 Å². The molecule has 278 valence electrons. The van der Waals surface area contributed by atoms with Gasteiger partial charge in [0, 0.05) is 63.2 Å². The molecule has 3 heterocycles. The second kappa shape index (κ2) is 16.9. The molecule has 2 unspecified atom stereocenters. The second-order valence-corrected chi connectivity index (χ2v) is 32.8. The zero-order valence-electron chi connectivity index (χ0n) is 34.0. The van der Waals surface area contributed by atoms with E-state index in [0.717, 1.165) is 82.8 Å². The van der Waals surface area contributed by atoms with Gasteiger partial charge in [-0.3, -0.25) is 0 Å². The third-order valence-electron chi connectivity index (χ3n) is 11.6. The highest BCUT2D eigenvalue weighted by molar-refractivity contribution is 7.32. The topological polar surface area (TPSA) is 78.4 Å². The molecule has 0 aliphatic carbocycles. The van der Waals surface area contributed by atoms with Gasteiger partial charge in [0.05, 0.1) is 6.61 Å². The van der Waals surface area contributed by atoms with Crippen molar-refractivity contribution in [3.05, 3.63) is 0 Å². The summed E-state index contributed by atoms with van der Waals surface area (Å²) in [6.07, 6.45) is 9.78. The van der Waals surface area contributed by atoms with E-state index in [0.29, 0.717) is 24.7 Å². The van der Waals surface area contributed by atoms with Crippen molar-refractivity contribution in [3.63, 3.8) is 0 Å². The Labute approximate surface area is 299 Å². The lowest BCUT2D eigenvalue weighted by atomic mass is 9.79. The Bertz CT molecular complexity index is 1050. The molecule has 2 aliphatic heterocycles. The Morgan fingerprint density at radius 3 is 1.48 bits per heavy atom. The molecule has 10 heteroatoms. The molecule has 0 saturated carbocycles. The largest absolute Gasteiger partial charge is 0.463 e. The number of nitrogens with one attached hydrogen (secondary N) is 2. The van der Waals surface area contributed by atoms with E-state index in [1.54, 1.807) is 0 Å². The first-order chi connectivity index (χ1) is 22.3. The number of nitrogens with zero attached hydrogens (tertiary/aromatic N) is 5. The highest BCUT2D eigenvalue weighted by Gasteiger charge is 2.43. The van der Waals surface area contributed by atoms with Crippen molar-refractivity contribution in [2.75, 3.05) is 29.5 Å². The van der Waals surface area contributed by atoms with E-state index < -0.39 is 15.9 Å². The summed E-state index contributed by atoms with van der Waals surface area (Å²) in [5.74, 6) is 1.60. The number of anilines is 2. The second-order valence-electron chi connectivity index (χ2n) is 18.5. The normalized spacial score (nSPS) is 22.5. The quantitative estimate of drug-likeness (QED) is 0.116. The number of hydrogen-bond donors (Lipinski definition) is 2. The van der Waals surface area contributed by atoms with Crippen LogP contribution in [-0.4, -0.2) is 84.8 Å². The zero-order valence-corrected chi connectivity index (χ0v) is 36.1. The molecular weight excluding hydrogens is 627 g/mol. The van der Waals surface area contributed by atoms with Crippen LogP contribution in [0.2, 0.25) is 31.2 Å². The molecule has 1 aromatic rings. The number of hydrogen-bond acceptors (Lipinski definition) is 8. The minimum atomic E-state index is -1.18. The van der Waals surface area contributed by atoms with Gasteiger partial charge in [-0.2, -0.15) is 15.0 Å². The molecule has 2 fully saturated rings. The summed E-state index contributed by atoms with van der Waals surface area (Å²) in [6, 6.07) is 5.33. The summed E-state index contributed by atoms with van der Waals surface area (Å²) in [4.78, 5) is 20.8. The van der Waals surface area contributed by atoms with Crippen molar-refractivity contribution in [2.45, 2.75) is 206 Å². The van der Waals surface area contributed by atoms with Crippen LogP contribution < -0.4 is 25.2 Å². The fourth-order valence-electron chi connectivity index (χ4n) is 9.09. The maximum atomic E-state index is 6.59. The van der Waals surface area contributed by atoms with Gasteiger partial charge in [0.25, 0.3) is 0 Å². The molecule has 48 heavy (non-hydrogen) atoms. The highest BCUT2D eigenvalue weighted by atomic mass is 29.2. The number of rotatable bonds is 18. The Balaban J connectivity index is 2.07. The maximum Gasteiger partial charge on any atom is 0.323 e. The average Bonchev–Trinajstić information content (AvgIpc) is 2.96. The first kappa shape index (κ1) is 41.2. The van der Waals surface area contributed by atoms with Gasteiger partial charge >= 0.3 is 6.01 Å². The molecule has 0 bridgehead atoms. The molecular formula is C38H77N7OSi2. The first-order valence-electron chi connectivity index (χ1n) is 19.8. The Morgan fingerprint density at radius 2 is 1.12 bits per heavy atom. The lowest BCUT2D eigenvalue weighted by molar-refractivity contribution is 0.157. The lowest BCUT2D eigenvalue weighted by Crippen LogP contribution is -2.63. The monoisotopic (exact) mass is 704 g/mol. The van der Waals surface area contributed by atoms with Crippen LogP contribution in [0.1, 0.15) is 141 Å². The number of ether oxygens (including phenoxy) is 1. The Hall–Kier alpha value is -1.24. The Morgan fingerprint density at radius 1 is 0.708 bits per heavy atom. The molecule has 2 atom stereocenters. The third-order valence-corrected chi connectivity index (χ3v) is 28.7. The predicted octanol–water partition coefficient (Wildman–Crippen LogP) is 8.53. The van der Waals surface area contributed by atoms with E-state index in [4.69, 9.17) is 19.7 Å². The van der Waals surface area contributed by atoms with Crippen LogP contribution in [0.3, 0.4) is 0 Å². The van der Waals surface area contributed by atoms with Crippen LogP contribution in [0.25, 0.3) is 0 Å². The van der Waals surface area contributed by atoms with E-state index in [9.17, 15) is 0 Å². The Kier molecular flexibility index (Phi) is 14.5. The summed E-state index contributed by atoms with van der Waals surface area (Å²) in [5.41, 5.74) is 0.112. The first-order valence-corrected chi connectivity index (χ1v) is 26.5. The van der Waals surface area contributed by atoms with Gasteiger partial charge in [-0.25, -0.2) is 0 Å². The minimum absolute atomic E-state index is 0.0280. The highest BCUT2D eigenvalue weighted by Crippen LogP contribution is 2.36. The molecule has 0 amide bonds. The van der Waals surface area contributed by atoms with Crippen LogP contribution in [0, 0.1) is 0 Å². The van der Waals surface area contributed by atoms with Crippen molar-refractivity contribution >= 4 is 27.8 Å². The van der Waals surface area contributed by atoms with Gasteiger partial charge in [0.1, 0.15) is 0 Å². The third kappa shape index (κ3) is 11.7. The molecule has 3 rings (SSSR count). The predicted molar refractivity (Wildman–Crippen MR) is 213 cm³/mol. The smallest absolute Gasteiger partial charge is 0.323 e. The van der Waals surface area contributed by atoms with Gasteiger partial charge in [0.2, 0.25) is 11.9 Å². The fraction of sp³-hybridized carbons (Fsp3) is 0.921. The number of unbranched alkanes of at least 4 members (excludes halogenated alkanes) is 2. The van der Waals surface area contributed by atoms with Crippen LogP contribution >= 0.6 is 0 Å². The van der Waals surface area contributed by atoms with E-state index in [2.05, 4.69) is 117 Å². The SMILES string of the molecule is CCCCN(c1nc(OCCC[Si](C)(CC)[SiH](C)CC)nc(N(CCCC)C2CC(C)(C)NC(C)(C)C2)n1)C1CC(C)(C)NC(C)(C)C1. The summed E-state index contributed by atoms with van der Waals surface area (Å²) in [7, 11) is -1.83. The standard InChI is InChI=1S/C38H77N7OSi2/c1-15-19-22-44(30-26-35(5,6)42-36(7,8)27-30)32-39-33(41-34(40-32)46-24-21-25-48(14,18-4)47(13)17-3)45(23-20-16-2)31-28-37(9,10)43-38(11,12)29-31/h30-31,42-43,47H,15-29H2,1-14H3. The summed E-state index contributed by atoms with van der Waals surface area (Å²) in [5, 5.41) is 7.80. The summed E-state index contributed by atoms with van der Waals surface area (Å²) in [6.45, 7) is 36.0. The molecule has 2 N–H and O–H groups in total. The maximum absolute atomic E-state index is 6.59. The zero-order chi connectivity index (χ0) is 36.0. The van der Waals surface area contributed by atoms with Gasteiger partial charge in [-0.1, -0.05) is 71.8 Å². The van der Waals surface area contributed by atoms with Crippen molar-refractivity contribution in [1.29, 1.82) is 0 Å². The van der Waals surface area contributed by atoms with Crippen LogP contribution in [-0.2, 0) is 0 Å². The summed E-state index contributed by atoms with van der Waals surface area (Å²) >= 11 is 0. The average molecular weight is 704 g/mol. The van der Waals surface area contributed by atoms with Crippen molar-refractivity contribution in [3.8, 4) is 6.01 Å². The van der Waals surface area contributed by atoms with Gasteiger partial charge in [-0.05, 0) is 100 Å². The van der Waals surface area contributed by atoms with Crippen LogP contribution in [0.4, 0.5) is 11.9 Å². The van der Waals surface area contributed by atoms with Crippen molar-refractivity contribution in [1.82, 2.24) is 25.6 Å². The van der Waals surface area contributed by atoms with E-state index >= 15 is 0 Å². The van der Waals surface area contributed by atoms with Gasteiger partial charge < -0.3 is 25.2 Å². The molecule has 0 radical (unpaired) electrons. The number of aromatic nitrogens is 3. The van der Waals surface area contributed by atoms with Crippen LogP contribution in [0.15, 0.2) is 0 Å². The molecule has 0 spiro atoms. The minimum Gasteiger partial charge on any atom is -0.463 e. The molecule has 8 nitrogen and oxygen atoms in total. The summed E-state index contributed by atoms with van der Waals surface area (Å²) < 4.78 is 6.59. The molecule has 0 aromatic carbocycles. The lowest BCUT2D eigenvalue weighted by Gasteiger charge is -2.50. The number of piperidine rings is 2. The van der Waals surface area contributed by atoms with E-state index in [-0.39, 0.29) is 22.2 Å². The fourth-order valence-corrected chi connectivity index (χ4v) is 19.7. The van der Waals surface area contributed by atoms with E-state index in [1.165, 1.54) is 18.1 Å². The molecule has 1 aromatic heterocycles. The van der Waals surface area contributed by atoms with Crippen molar-refractivity contribution in [2.24, 2.45) is 0 Å². The van der Waals surface area contributed by atoms with Crippen molar-refractivity contribution < 1.29 is 4.74 Å².